The molecule has 0 fully saturated rings. The summed E-state index contributed by atoms with van der Waals surface area (Å²) in [5.41, 5.74) is 5.05. The van der Waals surface area contributed by atoms with Gasteiger partial charge in [0.1, 0.15) is 0 Å². The van der Waals surface area contributed by atoms with Gasteiger partial charge in [-0.2, -0.15) is 0 Å². The van der Waals surface area contributed by atoms with Gasteiger partial charge >= 0.3 is 0 Å². The van der Waals surface area contributed by atoms with Crippen molar-refractivity contribution in [1.29, 1.82) is 0 Å². The Morgan fingerprint density at radius 1 is 0.208 bits per heavy atom. The summed E-state index contributed by atoms with van der Waals surface area (Å²) in [5, 5.41) is 20.9. The van der Waals surface area contributed by atoms with E-state index < -0.39 is 0 Å². The highest BCUT2D eigenvalue weighted by molar-refractivity contribution is 6.26. The summed E-state index contributed by atoms with van der Waals surface area (Å²) in [4.78, 5) is 0. The fourth-order valence-electron chi connectivity index (χ4n) is 8.50. The average Bonchev–Trinajstić information content (AvgIpc) is 3.15. The highest BCUT2D eigenvalue weighted by Crippen LogP contribution is 2.41. The maximum atomic E-state index is 2.37. The van der Waals surface area contributed by atoms with Crippen LogP contribution in [-0.4, -0.2) is 0 Å². The molecule has 220 valence electrons. The van der Waals surface area contributed by atoms with Crippen molar-refractivity contribution in [2.45, 2.75) is 0 Å². The fraction of sp³-hybridized carbons (Fsp3) is 0. The number of benzene rings is 11. The lowest BCUT2D eigenvalue weighted by Gasteiger charge is -2.15. The van der Waals surface area contributed by atoms with Gasteiger partial charge in [0.25, 0.3) is 0 Å². The molecule has 0 aliphatic rings. The van der Waals surface area contributed by atoms with E-state index in [0.717, 1.165) is 0 Å². The van der Waals surface area contributed by atoms with Gasteiger partial charge in [0.05, 0.1) is 0 Å². The van der Waals surface area contributed by atoms with E-state index >= 15 is 0 Å². The lowest BCUT2D eigenvalue weighted by molar-refractivity contribution is 1.67. The minimum absolute atomic E-state index is 1.25. The van der Waals surface area contributed by atoms with E-state index in [1.807, 2.05) is 0 Å². The van der Waals surface area contributed by atoms with Gasteiger partial charge in [0.15, 0.2) is 0 Å². The molecule has 0 aliphatic heterocycles. The smallest absolute Gasteiger partial charge is 0.00206 e. The molecule has 0 atom stereocenters. The third-order valence-electron chi connectivity index (χ3n) is 10.8. The Balaban J connectivity index is 1.04. The quantitative estimate of drug-likeness (QED) is 0.172. The van der Waals surface area contributed by atoms with Gasteiger partial charge in [-0.25, -0.2) is 0 Å². The molecule has 0 aliphatic carbocycles. The summed E-state index contributed by atoms with van der Waals surface area (Å²) in [6.45, 7) is 0. The molecule has 0 saturated heterocycles. The summed E-state index contributed by atoms with van der Waals surface area (Å²) < 4.78 is 0. The van der Waals surface area contributed by atoms with Gasteiger partial charge in [-0.1, -0.05) is 158 Å². The second-order valence-electron chi connectivity index (χ2n) is 13.3. The van der Waals surface area contributed by atoms with E-state index in [9.17, 15) is 0 Å². The lowest BCUT2D eigenvalue weighted by atomic mass is 9.88. The third-order valence-corrected chi connectivity index (χ3v) is 10.8. The van der Waals surface area contributed by atoms with Crippen LogP contribution in [0.4, 0.5) is 0 Å². The second-order valence-corrected chi connectivity index (χ2v) is 13.3. The minimum atomic E-state index is 1.25. The molecule has 0 radical (unpaired) electrons. The molecular formula is C48H28. The van der Waals surface area contributed by atoms with Gasteiger partial charge < -0.3 is 0 Å². The van der Waals surface area contributed by atoms with E-state index in [1.54, 1.807) is 0 Å². The maximum Gasteiger partial charge on any atom is -0.00206 e. The van der Waals surface area contributed by atoms with E-state index in [0.29, 0.717) is 0 Å². The zero-order chi connectivity index (χ0) is 31.3. The fourth-order valence-corrected chi connectivity index (χ4v) is 8.50. The first-order valence-electron chi connectivity index (χ1n) is 16.8. The minimum Gasteiger partial charge on any atom is -0.0616 e. The zero-order valence-electron chi connectivity index (χ0n) is 26.2. The van der Waals surface area contributed by atoms with Crippen LogP contribution in [0.15, 0.2) is 170 Å². The van der Waals surface area contributed by atoms with Gasteiger partial charge in [-0.3, -0.25) is 0 Å². The van der Waals surface area contributed by atoms with Crippen molar-refractivity contribution in [3.05, 3.63) is 170 Å². The number of hydrogen-bond acceptors (Lipinski definition) is 0. The largest absolute Gasteiger partial charge is 0.0616 e. The van der Waals surface area contributed by atoms with Crippen LogP contribution >= 0.6 is 0 Å². The topological polar surface area (TPSA) is 0 Å². The normalized spacial score (nSPS) is 12.2. The van der Waals surface area contributed by atoms with Crippen molar-refractivity contribution in [2.75, 3.05) is 0 Å². The van der Waals surface area contributed by atoms with Crippen LogP contribution in [0.2, 0.25) is 0 Å². The number of hydrogen-bond donors (Lipinski definition) is 0. The van der Waals surface area contributed by atoms with E-state index in [1.165, 1.54) is 108 Å². The molecule has 11 rings (SSSR count). The number of rotatable bonds is 2. The molecule has 0 aromatic heterocycles. The molecule has 0 unspecified atom stereocenters. The summed E-state index contributed by atoms with van der Waals surface area (Å²) >= 11 is 0. The summed E-state index contributed by atoms with van der Waals surface area (Å²) in [5.74, 6) is 0. The molecule has 0 heteroatoms. The highest BCUT2D eigenvalue weighted by atomic mass is 14.2. The maximum absolute atomic E-state index is 2.37. The van der Waals surface area contributed by atoms with E-state index in [-0.39, 0.29) is 0 Å². The Labute approximate surface area is 277 Å². The Bertz CT molecular complexity index is 3090. The molecule has 0 amide bonds. The summed E-state index contributed by atoms with van der Waals surface area (Å²) in [6.07, 6.45) is 0. The SMILES string of the molecule is c1cc(-c2ccc3c(ccc4c3ccc3c5ccccc5ccc34)c2)c2ccc(-c3ccc4ccc5cccc6ccc3c4c56)cc2c1. The molecular weight excluding hydrogens is 577 g/mol. The first-order chi connectivity index (χ1) is 23.8. The molecule has 0 nitrogen and oxygen atoms in total. The molecule has 11 aromatic carbocycles. The first-order valence-corrected chi connectivity index (χ1v) is 16.8. The van der Waals surface area contributed by atoms with Crippen LogP contribution in [0.1, 0.15) is 0 Å². The molecule has 48 heavy (non-hydrogen) atoms. The molecule has 11 aromatic rings. The Hall–Kier alpha value is -6.24. The van der Waals surface area contributed by atoms with Crippen molar-refractivity contribution in [3.8, 4) is 22.3 Å². The third kappa shape index (κ3) is 3.60. The zero-order valence-corrected chi connectivity index (χ0v) is 26.2. The predicted octanol–water partition coefficient (Wildman–Crippen LogP) is 13.7. The Kier molecular flexibility index (Phi) is 5.20. The van der Waals surface area contributed by atoms with Crippen molar-refractivity contribution in [1.82, 2.24) is 0 Å². The second kappa shape index (κ2) is 9.64. The summed E-state index contributed by atoms with van der Waals surface area (Å²) in [6, 6.07) is 63.4. The van der Waals surface area contributed by atoms with Crippen LogP contribution in [0.5, 0.6) is 0 Å². The molecule has 0 saturated carbocycles. The van der Waals surface area contributed by atoms with Crippen LogP contribution < -0.4 is 0 Å². The Morgan fingerprint density at radius 2 is 0.646 bits per heavy atom. The monoisotopic (exact) mass is 604 g/mol. The van der Waals surface area contributed by atoms with Crippen LogP contribution in [0.25, 0.3) is 108 Å². The van der Waals surface area contributed by atoms with Crippen LogP contribution in [-0.2, 0) is 0 Å². The van der Waals surface area contributed by atoms with Crippen LogP contribution in [0, 0.1) is 0 Å². The average molecular weight is 605 g/mol. The van der Waals surface area contributed by atoms with Crippen molar-refractivity contribution >= 4 is 86.2 Å². The molecule has 0 heterocycles. The predicted molar refractivity (Wildman–Crippen MR) is 209 cm³/mol. The highest BCUT2D eigenvalue weighted by Gasteiger charge is 2.14. The van der Waals surface area contributed by atoms with E-state index in [2.05, 4.69) is 170 Å². The Morgan fingerprint density at radius 3 is 1.44 bits per heavy atom. The van der Waals surface area contributed by atoms with Gasteiger partial charge in [-0.15, -0.1) is 0 Å². The van der Waals surface area contributed by atoms with Crippen LogP contribution in [0.3, 0.4) is 0 Å². The van der Waals surface area contributed by atoms with E-state index in [4.69, 9.17) is 0 Å². The molecule has 0 bridgehead atoms. The first kappa shape index (κ1) is 25.9. The lowest BCUT2D eigenvalue weighted by Crippen LogP contribution is -1.88. The van der Waals surface area contributed by atoms with Crippen molar-refractivity contribution in [2.24, 2.45) is 0 Å². The van der Waals surface area contributed by atoms with Crippen molar-refractivity contribution < 1.29 is 0 Å². The standard InChI is InChI=1S/C48H28/c1-2-9-37-29(5-1)13-22-44-42(37)25-26-43-40-21-17-34(28-35(40)18-23-45(43)44)38-10-4-8-33-27-36(16-20-39(33)38)41-19-14-32-12-11-30-6-3-7-31-15-24-46(41)48(32)47(30)31/h1-28H. The van der Waals surface area contributed by atoms with Crippen molar-refractivity contribution in [3.63, 3.8) is 0 Å². The van der Waals surface area contributed by atoms with Gasteiger partial charge in [0.2, 0.25) is 0 Å². The number of fused-ring (bicyclic) bond motifs is 8. The van der Waals surface area contributed by atoms with Gasteiger partial charge in [-0.05, 0) is 121 Å². The molecule has 0 N–H and O–H groups in total. The molecule has 0 spiro atoms. The summed E-state index contributed by atoms with van der Waals surface area (Å²) in [7, 11) is 0. The van der Waals surface area contributed by atoms with Gasteiger partial charge in [0, 0.05) is 0 Å².